The average molecular weight is 266 g/mol. The molecule has 0 saturated carbocycles. The molecule has 0 aliphatic carbocycles. The summed E-state index contributed by atoms with van der Waals surface area (Å²) < 4.78 is 0. The Labute approximate surface area is 118 Å². The number of rotatable bonds is 4. The van der Waals surface area contributed by atoms with Crippen LogP contribution in [0.4, 0.5) is 0 Å². The molecular formula is C16H30N2O. The summed E-state index contributed by atoms with van der Waals surface area (Å²) in [4.78, 5) is 14.5. The number of hydrogen-bond acceptors (Lipinski definition) is 2. The lowest BCUT2D eigenvalue weighted by Gasteiger charge is -2.35. The van der Waals surface area contributed by atoms with Crippen LogP contribution in [0.2, 0.25) is 0 Å². The average Bonchev–Trinajstić information content (AvgIpc) is 2.46. The monoisotopic (exact) mass is 266 g/mol. The van der Waals surface area contributed by atoms with Crippen molar-refractivity contribution in [3.05, 3.63) is 0 Å². The maximum Gasteiger partial charge on any atom is 0.226 e. The van der Waals surface area contributed by atoms with Crippen LogP contribution in [0.25, 0.3) is 0 Å². The normalized spacial score (nSPS) is 25.8. The summed E-state index contributed by atoms with van der Waals surface area (Å²) in [7, 11) is 0. The van der Waals surface area contributed by atoms with Gasteiger partial charge in [0.05, 0.1) is 5.92 Å². The number of hydrogen-bond donors (Lipinski definition) is 1. The van der Waals surface area contributed by atoms with Crippen molar-refractivity contribution < 1.29 is 4.79 Å². The van der Waals surface area contributed by atoms with E-state index in [9.17, 15) is 4.79 Å². The van der Waals surface area contributed by atoms with E-state index in [-0.39, 0.29) is 5.92 Å². The van der Waals surface area contributed by atoms with Crippen LogP contribution in [0.5, 0.6) is 0 Å². The van der Waals surface area contributed by atoms with Crippen molar-refractivity contribution in [3.8, 4) is 0 Å². The lowest BCUT2D eigenvalue weighted by Crippen LogP contribution is -2.46. The van der Waals surface area contributed by atoms with Gasteiger partial charge in [0.1, 0.15) is 0 Å². The van der Waals surface area contributed by atoms with Crippen molar-refractivity contribution >= 4 is 5.91 Å². The summed E-state index contributed by atoms with van der Waals surface area (Å²) in [6.45, 7) is 8.58. The highest BCUT2D eigenvalue weighted by Gasteiger charge is 2.28. The maximum atomic E-state index is 12.4. The lowest BCUT2D eigenvalue weighted by atomic mass is 9.88. The molecule has 0 spiro atoms. The van der Waals surface area contributed by atoms with E-state index in [1.54, 1.807) is 0 Å². The molecule has 110 valence electrons. The first-order valence-corrected chi connectivity index (χ1v) is 8.16. The predicted molar refractivity (Wildman–Crippen MR) is 79.0 cm³/mol. The molecule has 2 fully saturated rings. The molecule has 1 amide bonds. The number of nitrogens with one attached hydrogen (secondary N) is 1. The third-order valence-corrected chi connectivity index (χ3v) is 4.72. The van der Waals surface area contributed by atoms with Crippen LogP contribution in [0.15, 0.2) is 0 Å². The summed E-state index contributed by atoms with van der Waals surface area (Å²) in [5.74, 6) is 2.33. The highest BCUT2D eigenvalue weighted by Crippen LogP contribution is 2.25. The Morgan fingerprint density at radius 3 is 2.58 bits per heavy atom. The molecule has 1 N–H and O–H groups in total. The molecule has 0 aromatic carbocycles. The largest absolute Gasteiger partial charge is 0.342 e. The van der Waals surface area contributed by atoms with Gasteiger partial charge in [0.2, 0.25) is 5.91 Å². The van der Waals surface area contributed by atoms with Crippen LogP contribution >= 0.6 is 0 Å². The van der Waals surface area contributed by atoms with Crippen molar-refractivity contribution in [2.45, 2.75) is 52.4 Å². The van der Waals surface area contributed by atoms with Crippen molar-refractivity contribution in [1.29, 1.82) is 0 Å². The van der Waals surface area contributed by atoms with E-state index in [0.717, 1.165) is 50.9 Å². The van der Waals surface area contributed by atoms with E-state index in [0.29, 0.717) is 5.91 Å². The van der Waals surface area contributed by atoms with Crippen molar-refractivity contribution in [3.63, 3.8) is 0 Å². The fraction of sp³-hybridized carbons (Fsp3) is 0.938. The first kappa shape index (κ1) is 14.8. The molecule has 3 nitrogen and oxygen atoms in total. The molecule has 2 saturated heterocycles. The highest BCUT2D eigenvalue weighted by atomic mass is 16.2. The van der Waals surface area contributed by atoms with Gasteiger partial charge in [-0.3, -0.25) is 4.79 Å². The molecule has 0 bridgehead atoms. The number of piperidine rings is 2. The molecular weight excluding hydrogens is 236 g/mol. The van der Waals surface area contributed by atoms with Crippen molar-refractivity contribution in [2.24, 2.45) is 17.8 Å². The Morgan fingerprint density at radius 2 is 2.00 bits per heavy atom. The standard InChI is InChI=1S/C16H30N2O/c1-13(2)5-6-14-7-10-18(11-8-14)16(19)15-4-3-9-17-12-15/h13-15,17H,3-12H2,1-2H3. The van der Waals surface area contributed by atoms with Crippen LogP contribution in [0.3, 0.4) is 0 Å². The Balaban J connectivity index is 1.71. The van der Waals surface area contributed by atoms with E-state index < -0.39 is 0 Å². The smallest absolute Gasteiger partial charge is 0.226 e. The Kier molecular flexibility index (Phi) is 5.68. The molecule has 1 atom stereocenters. The molecule has 2 aliphatic rings. The summed E-state index contributed by atoms with van der Waals surface area (Å²) in [5.41, 5.74) is 0. The summed E-state index contributed by atoms with van der Waals surface area (Å²) in [5, 5.41) is 3.35. The molecule has 1 unspecified atom stereocenters. The Morgan fingerprint density at radius 1 is 1.26 bits per heavy atom. The van der Waals surface area contributed by atoms with Gasteiger partial charge in [-0.25, -0.2) is 0 Å². The second kappa shape index (κ2) is 7.28. The van der Waals surface area contributed by atoms with E-state index in [1.165, 1.54) is 25.7 Å². The van der Waals surface area contributed by atoms with Crippen molar-refractivity contribution in [2.75, 3.05) is 26.2 Å². The highest BCUT2D eigenvalue weighted by molar-refractivity contribution is 5.79. The zero-order valence-electron chi connectivity index (χ0n) is 12.7. The minimum atomic E-state index is 0.251. The van der Waals surface area contributed by atoms with Crippen LogP contribution in [-0.4, -0.2) is 37.0 Å². The quantitative estimate of drug-likeness (QED) is 0.848. The van der Waals surface area contributed by atoms with Crippen LogP contribution in [-0.2, 0) is 4.79 Å². The summed E-state index contributed by atoms with van der Waals surface area (Å²) in [6, 6.07) is 0. The molecule has 2 aliphatic heterocycles. The van der Waals surface area contributed by atoms with E-state index in [1.807, 2.05) is 0 Å². The zero-order chi connectivity index (χ0) is 13.7. The topological polar surface area (TPSA) is 32.3 Å². The van der Waals surface area contributed by atoms with Gasteiger partial charge in [-0.15, -0.1) is 0 Å². The van der Waals surface area contributed by atoms with E-state index in [4.69, 9.17) is 0 Å². The summed E-state index contributed by atoms with van der Waals surface area (Å²) in [6.07, 6.45) is 7.37. The first-order valence-electron chi connectivity index (χ1n) is 8.16. The third kappa shape index (κ3) is 4.48. The lowest BCUT2D eigenvalue weighted by molar-refractivity contribution is -0.137. The van der Waals surface area contributed by atoms with E-state index in [2.05, 4.69) is 24.1 Å². The molecule has 0 radical (unpaired) electrons. The molecule has 2 rings (SSSR count). The number of nitrogens with zero attached hydrogens (tertiary/aromatic N) is 1. The number of likely N-dealkylation sites (tertiary alicyclic amines) is 1. The molecule has 3 heteroatoms. The third-order valence-electron chi connectivity index (χ3n) is 4.72. The Bertz CT molecular complexity index is 276. The maximum absolute atomic E-state index is 12.4. The van der Waals surface area contributed by atoms with Gasteiger partial charge in [0.15, 0.2) is 0 Å². The Hall–Kier alpha value is -0.570. The minimum absolute atomic E-state index is 0.251. The van der Waals surface area contributed by atoms with Gasteiger partial charge in [0.25, 0.3) is 0 Å². The van der Waals surface area contributed by atoms with E-state index >= 15 is 0 Å². The number of amides is 1. The second-order valence-corrected chi connectivity index (χ2v) is 6.78. The fourth-order valence-corrected chi connectivity index (χ4v) is 3.33. The second-order valence-electron chi connectivity index (χ2n) is 6.78. The summed E-state index contributed by atoms with van der Waals surface area (Å²) >= 11 is 0. The molecule has 2 heterocycles. The number of carbonyl (C=O) groups is 1. The zero-order valence-corrected chi connectivity index (χ0v) is 12.7. The van der Waals surface area contributed by atoms with Crippen LogP contribution in [0, 0.1) is 17.8 Å². The van der Waals surface area contributed by atoms with Gasteiger partial charge in [-0.05, 0) is 44.1 Å². The van der Waals surface area contributed by atoms with Crippen LogP contribution < -0.4 is 5.32 Å². The molecule has 0 aromatic heterocycles. The van der Waals surface area contributed by atoms with Crippen molar-refractivity contribution in [1.82, 2.24) is 10.2 Å². The SMILES string of the molecule is CC(C)CCC1CCN(C(=O)C2CCCNC2)CC1. The van der Waals surface area contributed by atoms with Gasteiger partial charge >= 0.3 is 0 Å². The molecule has 19 heavy (non-hydrogen) atoms. The first-order chi connectivity index (χ1) is 9.16. The van der Waals surface area contributed by atoms with Gasteiger partial charge in [-0.1, -0.05) is 26.7 Å². The van der Waals surface area contributed by atoms with Crippen LogP contribution in [0.1, 0.15) is 52.4 Å². The van der Waals surface area contributed by atoms with Gasteiger partial charge in [0, 0.05) is 19.6 Å². The number of carbonyl (C=O) groups excluding carboxylic acids is 1. The van der Waals surface area contributed by atoms with Gasteiger partial charge in [-0.2, -0.15) is 0 Å². The predicted octanol–water partition coefficient (Wildman–Crippen LogP) is 2.66. The van der Waals surface area contributed by atoms with Gasteiger partial charge < -0.3 is 10.2 Å². The minimum Gasteiger partial charge on any atom is -0.342 e. The fourth-order valence-electron chi connectivity index (χ4n) is 3.33. The molecule has 0 aromatic rings.